The Labute approximate surface area is 171 Å². The maximum Gasteiger partial charge on any atom is 0.317 e. The van der Waals surface area contributed by atoms with E-state index in [9.17, 15) is 9.59 Å². The van der Waals surface area contributed by atoms with Crippen molar-refractivity contribution in [2.24, 2.45) is 5.92 Å². The van der Waals surface area contributed by atoms with Gasteiger partial charge in [0.1, 0.15) is 6.10 Å². The van der Waals surface area contributed by atoms with Gasteiger partial charge in [-0.2, -0.15) is 0 Å². The van der Waals surface area contributed by atoms with E-state index in [1.54, 1.807) is 0 Å². The molecule has 29 heavy (non-hydrogen) atoms. The predicted octanol–water partition coefficient (Wildman–Crippen LogP) is 1.49. The van der Waals surface area contributed by atoms with Gasteiger partial charge in [-0.3, -0.25) is 9.59 Å². The predicted molar refractivity (Wildman–Crippen MR) is 105 cm³/mol. The van der Waals surface area contributed by atoms with Crippen molar-refractivity contribution in [2.75, 3.05) is 32.8 Å². The third-order valence-electron chi connectivity index (χ3n) is 6.06. The summed E-state index contributed by atoms with van der Waals surface area (Å²) in [5, 5.41) is 0. The van der Waals surface area contributed by atoms with Gasteiger partial charge in [-0.05, 0) is 45.6 Å². The van der Waals surface area contributed by atoms with Gasteiger partial charge in [0.2, 0.25) is 11.8 Å². The van der Waals surface area contributed by atoms with Gasteiger partial charge < -0.3 is 19.3 Å². The molecule has 0 aliphatic carbocycles. The summed E-state index contributed by atoms with van der Waals surface area (Å²) in [7, 11) is 0. The lowest BCUT2D eigenvalue weighted by Gasteiger charge is -2.34. The average Bonchev–Trinajstić information content (AvgIpc) is 3.09. The minimum Gasteiger partial charge on any atom is -0.458 e. The van der Waals surface area contributed by atoms with E-state index in [1.165, 1.54) is 0 Å². The van der Waals surface area contributed by atoms with E-state index in [0.717, 1.165) is 37.1 Å². The molecule has 0 radical (unpaired) electrons. The first-order valence-corrected chi connectivity index (χ1v) is 10.6. The molecule has 2 atom stereocenters. The molecule has 2 amide bonds. The van der Waals surface area contributed by atoms with Crippen molar-refractivity contribution < 1.29 is 19.1 Å². The van der Waals surface area contributed by atoms with Crippen LogP contribution in [0.3, 0.4) is 0 Å². The number of aryl methyl sites for hydroxylation is 2. The van der Waals surface area contributed by atoms with Crippen LogP contribution in [0.1, 0.15) is 43.5 Å². The molecule has 3 saturated heterocycles. The Morgan fingerprint density at radius 1 is 1.14 bits per heavy atom. The Kier molecular flexibility index (Phi) is 5.99. The highest BCUT2D eigenvalue weighted by Crippen LogP contribution is 2.27. The van der Waals surface area contributed by atoms with Crippen LogP contribution in [-0.2, 0) is 14.3 Å². The smallest absolute Gasteiger partial charge is 0.317 e. The Morgan fingerprint density at radius 3 is 2.59 bits per heavy atom. The molecule has 158 valence electrons. The normalized spacial score (nSPS) is 26.1. The van der Waals surface area contributed by atoms with Crippen molar-refractivity contribution in [1.29, 1.82) is 0 Å². The first kappa shape index (κ1) is 20.1. The number of carbonyl (C=O) groups is 2. The molecule has 0 bridgehead atoms. The zero-order valence-corrected chi connectivity index (χ0v) is 17.3. The zero-order valence-electron chi connectivity index (χ0n) is 17.3. The highest BCUT2D eigenvalue weighted by Gasteiger charge is 2.40. The third kappa shape index (κ3) is 4.69. The molecule has 3 aliphatic heterocycles. The van der Waals surface area contributed by atoms with E-state index >= 15 is 0 Å². The second-order valence-corrected chi connectivity index (χ2v) is 8.39. The van der Waals surface area contributed by atoms with Crippen molar-refractivity contribution in [3.8, 4) is 6.01 Å². The lowest BCUT2D eigenvalue weighted by Crippen LogP contribution is -2.47. The Bertz CT molecular complexity index is 745. The fourth-order valence-corrected chi connectivity index (χ4v) is 4.63. The van der Waals surface area contributed by atoms with Gasteiger partial charge in [0.05, 0.1) is 12.5 Å². The van der Waals surface area contributed by atoms with E-state index in [0.29, 0.717) is 45.3 Å². The first-order chi connectivity index (χ1) is 14.0. The number of amides is 2. The molecular formula is C21H30N4O4. The largest absolute Gasteiger partial charge is 0.458 e. The van der Waals surface area contributed by atoms with Gasteiger partial charge in [-0.15, -0.1) is 0 Å². The zero-order chi connectivity index (χ0) is 20.4. The lowest BCUT2D eigenvalue weighted by atomic mass is 10.0. The van der Waals surface area contributed by atoms with Gasteiger partial charge in [0, 0.05) is 50.2 Å². The summed E-state index contributed by atoms with van der Waals surface area (Å²) in [4.78, 5) is 38.1. The molecule has 0 saturated carbocycles. The minimum atomic E-state index is -0.249. The number of hydrogen-bond donors (Lipinski definition) is 0. The van der Waals surface area contributed by atoms with E-state index in [-0.39, 0.29) is 29.9 Å². The van der Waals surface area contributed by atoms with E-state index in [2.05, 4.69) is 9.97 Å². The van der Waals surface area contributed by atoms with Crippen LogP contribution in [0.5, 0.6) is 6.01 Å². The molecule has 0 spiro atoms. The minimum absolute atomic E-state index is 0.0718. The van der Waals surface area contributed by atoms with Gasteiger partial charge >= 0.3 is 6.01 Å². The van der Waals surface area contributed by atoms with Crippen LogP contribution < -0.4 is 4.74 Å². The molecule has 4 rings (SSSR count). The fourth-order valence-electron chi connectivity index (χ4n) is 4.63. The van der Waals surface area contributed by atoms with Crippen molar-refractivity contribution >= 4 is 11.8 Å². The number of aromatic nitrogens is 2. The summed E-state index contributed by atoms with van der Waals surface area (Å²) < 4.78 is 11.4. The van der Waals surface area contributed by atoms with Crippen LogP contribution in [0, 0.1) is 19.8 Å². The average molecular weight is 402 g/mol. The van der Waals surface area contributed by atoms with Crippen molar-refractivity contribution in [3.05, 3.63) is 17.5 Å². The number of nitrogens with zero attached hydrogens (tertiary/aromatic N) is 4. The standard InChI is InChI=1S/C21H30N4O4/c1-14-10-15(2)23-21(22-14)29-18-4-3-7-24(13-18)20(27)16-11-19(26)25(12-16)17-5-8-28-9-6-17/h10,16-18H,3-9,11-13H2,1-2H3. The molecule has 3 fully saturated rings. The molecule has 0 aromatic carbocycles. The van der Waals surface area contributed by atoms with Crippen molar-refractivity contribution in [2.45, 2.75) is 58.1 Å². The number of hydrogen-bond acceptors (Lipinski definition) is 6. The van der Waals surface area contributed by atoms with Gasteiger partial charge in [-0.25, -0.2) is 9.97 Å². The quantitative estimate of drug-likeness (QED) is 0.759. The Morgan fingerprint density at radius 2 is 1.86 bits per heavy atom. The Hall–Kier alpha value is -2.22. The maximum absolute atomic E-state index is 13.1. The molecule has 1 aromatic heterocycles. The fraction of sp³-hybridized carbons (Fsp3) is 0.714. The maximum atomic E-state index is 13.1. The van der Waals surface area contributed by atoms with E-state index in [1.807, 2.05) is 29.7 Å². The SMILES string of the molecule is Cc1cc(C)nc(OC2CCCN(C(=O)C3CC(=O)N(C4CCOCC4)C3)C2)n1. The number of likely N-dealkylation sites (tertiary alicyclic amines) is 2. The molecule has 8 nitrogen and oxygen atoms in total. The number of rotatable bonds is 4. The topological polar surface area (TPSA) is 84.9 Å². The first-order valence-electron chi connectivity index (χ1n) is 10.6. The number of ether oxygens (including phenoxy) is 2. The lowest BCUT2D eigenvalue weighted by molar-refractivity contribution is -0.138. The van der Waals surface area contributed by atoms with Gasteiger partial charge in [-0.1, -0.05) is 0 Å². The van der Waals surface area contributed by atoms with Crippen molar-refractivity contribution in [1.82, 2.24) is 19.8 Å². The summed E-state index contributed by atoms with van der Waals surface area (Å²) in [6, 6.07) is 2.50. The Balaban J connectivity index is 1.35. The summed E-state index contributed by atoms with van der Waals surface area (Å²) in [5.41, 5.74) is 1.74. The summed E-state index contributed by atoms with van der Waals surface area (Å²) in [5.74, 6) is -0.0761. The van der Waals surface area contributed by atoms with Gasteiger partial charge in [0.15, 0.2) is 0 Å². The van der Waals surface area contributed by atoms with Crippen LogP contribution in [0.2, 0.25) is 0 Å². The highest BCUT2D eigenvalue weighted by atomic mass is 16.5. The van der Waals surface area contributed by atoms with Crippen LogP contribution >= 0.6 is 0 Å². The molecule has 4 heterocycles. The van der Waals surface area contributed by atoms with Gasteiger partial charge in [0.25, 0.3) is 0 Å². The van der Waals surface area contributed by atoms with Crippen LogP contribution in [0.15, 0.2) is 6.07 Å². The van der Waals surface area contributed by atoms with Crippen LogP contribution in [-0.4, -0.2) is 76.6 Å². The van der Waals surface area contributed by atoms with E-state index < -0.39 is 0 Å². The highest BCUT2D eigenvalue weighted by molar-refractivity contribution is 5.89. The third-order valence-corrected chi connectivity index (χ3v) is 6.06. The monoisotopic (exact) mass is 402 g/mol. The van der Waals surface area contributed by atoms with Crippen molar-refractivity contribution in [3.63, 3.8) is 0 Å². The molecular weight excluding hydrogens is 372 g/mol. The second kappa shape index (κ2) is 8.65. The summed E-state index contributed by atoms with van der Waals surface area (Å²) in [6.45, 7) is 6.99. The molecule has 2 unspecified atom stereocenters. The van der Waals surface area contributed by atoms with Crippen LogP contribution in [0.25, 0.3) is 0 Å². The number of piperidine rings is 1. The number of carbonyl (C=O) groups excluding carboxylic acids is 2. The molecule has 8 heteroatoms. The molecule has 0 N–H and O–H groups in total. The summed E-state index contributed by atoms with van der Waals surface area (Å²) >= 11 is 0. The van der Waals surface area contributed by atoms with E-state index in [4.69, 9.17) is 9.47 Å². The molecule has 1 aromatic rings. The van der Waals surface area contributed by atoms with Crippen LogP contribution in [0.4, 0.5) is 0 Å². The molecule has 3 aliphatic rings. The second-order valence-electron chi connectivity index (χ2n) is 8.39. The summed E-state index contributed by atoms with van der Waals surface area (Å²) in [6.07, 6.45) is 3.68.